The van der Waals surface area contributed by atoms with Crippen molar-refractivity contribution in [2.75, 3.05) is 0 Å². The van der Waals surface area contributed by atoms with Gasteiger partial charge in [-0.2, -0.15) is 0 Å². The Kier molecular flexibility index (Phi) is 13.4. The van der Waals surface area contributed by atoms with Gasteiger partial charge in [-0.3, -0.25) is 4.79 Å². The molecule has 1 aliphatic rings. The largest absolute Gasteiger partial charge is 0.481 e. The molecule has 24 heavy (non-hydrogen) atoms. The zero-order chi connectivity index (χ0) is 17.6. The Hall–Kier alpha value is 0.260. The lowest BCUT2D eigenvalue weighted by molar-refractivity contribution is -0.137. The van der Waals surface area contributed by atoms with E-state index in [4.69, 9.17) is 17.3 Å². The van der Waals surface area contributed by atoms with E-state index in [0.717, 1.165) is 26.9 Å². The molecule has 0 spiro atoms. The van der Waals surface area contributed by atoms with E-state index < -0.39 is 5.97 Å². The van der Waals surface area contributed by atoms with Gasteiger partial charge in [0, 0.05) is 16.9 Å². The second-order valence-electron chi connectivity index (χ2n) is 6.82. The van der Waals surface area contributed by atoms with Crippen LogP contribution in [0.2, 0.25) is 0 Å². The molecule has 140 valence electrons. The molecule has 5 heteroatoms. The monoisotopic (exact) mass is 390 g/mol. The molecule has 0 amide bonds. The molecule has 1 heterocycles. The van der Waals surface area contributed by atoms with Gasteiger partial charge in [-0.15, -0.1) is 23.5 Å². The molecule has 0 bridgehead atoms. The Morgan fingerprint density at radius 3 is 1.83 bits per heavy atom. The van der Waals surface area contributed by atoms with E-state index in [1.807, 2.05) is 23.5 Å². The second-order valence-corrected chi connectivity index (χ2v) is 10.5. The van der Waals surface area contributed by atoms with E-state index in [-0.39, 0.29) is 0 Å². The molecule has 2 atom stereocenters. The molecule has 0 aliphatic carbocycles. The average molecular weight is 391 g/mol. The molecular formula is C19H34O2S3. The molecule has 1 saturated heterocycles. The first kappa shape index (κ1) is 22.3. The Morgan fingerprint density at radius 1 is 0.875 bits per heavy atom. The van der Waals surface area contributed by atoms with Gasteiger partial charge < -0.3 is 5.11 Å². The van der Waals surface area contributed by atoms with E-state index >= 15 is 0 Å². The maximum absolute atomic E-state index is 10.5. The maximum atomic E-state index is 10.5. The van der Waals surface area contributed by atoms with Crippen LogP contribution in [0.4, 0.5) is 0 Å². The summed E-state index contributed by atoms with van der Waals surface area (Å²) in [6.45, 7) is 2.27. The molecule has 1 aliphatic heterocycles. The fraction of sp³-hybridized carbons (Fsp3) is 0.895. The Morgan fingerprint density at radius 2 is 1.33 bits per heavy atom. The quantitative estimate of drug-likeness (QED) is 0.239. The van der Waals surface area contributed by atoms with Crippen molar-refractivity contribution in [1.29, 1.82) is 0 Å². The van der Waals surface area contributed by atoms with Crippen LogP contribution in [0.15, 0.2) is 0 Å². The summed E-state index contributed by atoms with van der Waals surface area (Å²) >= 11 is 9.32. The van der Waals surface area contributed by atoms with Gasteiger partial charge in [-0.1, -0.05) is 83.3 Å². The van der Waals surface area contributed by atoms with Crippen molar-refractivity contribution in [3.05, 3.63) is 0 Å². The summed E-state index contributed by atoms with van der Waals surface area (Å²) in [5, 5.41) is 10.1. The number of unbranched alkanes of at least 4 members (excludes halogenated alkanes) is 9. The predicted molar refractivity (Wildman–Crippen MR) is 113 cm³/mol. The zero-order valence-corrected chi connectivity index (χ0v) is 17.6. The first-order chi connectivity index (χ1) is 11.6. The molecule has 1 N–H and O–H groups in total. The van der Waals surface area contributed by atoms with Crippen LogP contribution in [-0.4, -0.2) is 25.1 Å². The fourth-order valence-corrected chi connectivity index (χ4v) is 6.87. The van der Waals surface area contributed by atoms with Crippen molar-refractivity contribution in [1.82, 2.24) is 0 Å². The summed E-state index contributed by atoms with van der Waals surface area (Å²) in [7, 11) is 0. The highest BCUT2D eigenvalue weighted by Gasteiger charge is 2.31. The number of carboxylic acid groups (broad SMARTS) is 1. The van der Waals surface area contributed by atoms with Crippen molar-refractivity contribution in [3.63, 3.8) is 0 Å². The molecule has 0 aromatic rings. The third kappa shape index (κ3) is 11.0. The number of rotatable bonds is 15. The van der Waals surface area contributed by atoms with Crippen molar-refractivity contribution in [2.24, 2.45) is 0 Å². The summed E-state index contributed by atoms with van der Waals surface area (Å²) in [6, 6.07) is 0. The summed E-state index contributed by atoms with van der Waals surface area (Å²) < 4.78 is 1.15. The van der Waals surface area contributed by atoms with Crippen molar-refractivity contribution >= 4 is 45.2 Å². The van der Waals surface area contributed by atoms with E-state index in [0.29, 0.717) is 6.42 Å². The number of hydrogen-bond acceptors (Lipinski definition) is 4. The smallest absolute Gasteiger partial charge is 0.303 e. The van der Waals surface area contributed by atoms with Gasteiger partial charge in [0.2, 0.25) is 0 Å². The molecule has 2 nitrogen and oxygen atoms in total. The standard InChI is InChI=1S/C19H34O2S3/c1-2-3-4-5-7-10-13-16-17(24-19(22)23-16)14-11-8-6-9-12-15-18(20)21/h16-17H,2-15H2,1H3,(H,20,21)/t16-,17-/m0/s1. The lowest BCUT2D eigenvalue weighted by atomic mass is 10.0. The van der Waals surface area contributed by atoms with Gasteiger partial charge in [0.1, 0.15) is 3.53 Å². The van der Waals surface area contributed by atoms with Gasteiger partial charge >= 0.3 is 5.97 Å². The van der Waals surface area contributed by atoms with Gasteiger partial charge in [0.25, 0.3) is 0 Å². The molecule has 0 saturated carbocycles. The highest BCUT2D eigenvalue weighted by atomic mass is 32.2. The van der Waals surface area contributed by atoms with Crippen LogP contribution in [0.25, 0.3) is 0 Å². The van der Waals surface area contributed by atoms with E-state index in [9.17, 15) is 4.79 Å². The number of hydrogen-bond donors (Lipinski definition) is 1. The van der Waals surface area contributed by atoms with Gasteiger partial charge in [-0.25, -0.2) is 0 Å². The molecule has 0 aromatic heterocycles. The van der Waals surface area contributed by atoms with Crippen LogP contribution in [0.5, 0.6) is 0 Å². The Labute approximate surface area is 162 Å². The molecular weight excluding hydrogens is 356 g/mol. The fourth-order valence-electron chi connectivity index (χ4n) is 3.19. The summed E-state index contributed by atoms with van der Waals surface area (Å²) in [4.78, 5) is 10.5. The van der Waals surface area contributed by atoms with Crippen LogP contribution in [0, 0.1) is 0 Å². The third-order valence-electron chi connectivity index (χ3n) is 4.63. The first-order valence-corrected chi connectivity index (χ1v) is 11.9. The molecule has 1 rings (SSSR count). The second kappa shape index (κ2) is 14.4. The minimum atomic E-state index is -0.666. The average Bonchev–Trinajstić information content (AvgIpc) is 2.89. The van der Waals surface area contributed by atoms with Crippen LogP contribution in [-0.2, 0) is 4.79 Å². The minimum Gasteiger partial charge on any atom is -0.481 e. The summed E-state index contributed by atoms with van der Waals surface area (Å²) in [5.74, 6) is -0.666. The van der Waals surface area contributed by atoms with Crippen LogP contribution in [0.3, 0.4) is 0 Å². The number of thioether (sulfide) groups is 2. The van der Waals surface area contributed by atoms with E-state index in [1.165, 1.54) is 70.6 Å². The van der Waals surface area contributed by atoms with Crippen molar-refractivity contribution in [3.8, 4) is 0 Å². The Bertz CT molecular complexity index is 361. The maximum Gasteiger partial charge on any atom is 0.303 e. The topological polar surface area (TPSA) is 37.3 Å². The van der Waals surface area contributed by atoms with Crippen molar-refractivity contribution < 1.29 is 9.90 Å². The Balaban J connectivity index is 2.07. The van der Waals surface area contributed by atoms with Gasteiger partial charge in [0.05, 0.1) is 0 Å². The molecule has 0 aromatic carbocycles. The van der Waals surface area contributed by atoms with Crippen LogP contribution < -0.4 is 0 Å². The van der Waals surface area contributed by atoms with Gasteiger partial charge in [0.15, 0.2) is 0 Å². The number of carbonyl (C=O) groups is 1. The highest BCUT2D eigenvalue weighted by Crippen LogP contribution is 2.44. The molecule has 0 unspecified atom stereocenters. The van der Waals surface area contributed by atoms with Gasteiger partial charge in [-0.05, 0) is 19.3 Å². The number of aliphatic carboxylic acids is 1. The lowest BCUT2D eigenvalue weighted by Gasteiger charge is -2.17. The van der Waals surface area contributed by atoms with Crippen LogP contribution >= 0.6 is 35.7 Å². The lowest BCUT2D eigenvalue weighted by Crippen LogP contribution is -2.15. The minimum absolute atomic E-state index is 0.323. The van der Waals surface area contributed by atoms with E-state index in [2.05, 4.69) is 6.92 Å². The third-order valence-corrected chi connectivity index (χ3v) is 8.08. The predicted octanol–water partition coefficient (Wildman–Crippen LogP) is 7.05. The number of thiocarbonyl (C=S) groups is 1. The normalized spacial score (nSPS) is 20.6. The number of carboxylic acids is 1. The van der Waals surface area contributed by atoms with Crippen LogP contribution in [0.1, 0.15) is 96.8 Å². The molecule has 1 fully saturated rings. The SMILES string of the molecule is CCCCCCCC[C@@H]1SC(=S)S[C@H]1CCCCCCCC(=O)O. The highest BCUT2D eigenvalue weighted by molar-refractivity contribution is 8.49. The summed E-state index contributed by atoms with van der Waals surface area (Å²) in [6.07, 6.45) is 16.7. The van der Waals surface area contributed by atoms with E-state index in [1.54, 1.807) is 0 Å². The summed E-state index contributed by atoms with van der Waals surface area (Å²) in [5.41, 5.74) is 0. The first-order valence-electron chi connectivity index (χ1n) is 9.72. The zero-order valence-electron chi connectivity index (χ0n) is 15.1. The molecule has 0 radical (unpaired) electrons. The van der Waals surface area contributed by atoms with Crippen molar-refractivity contribution in [2.45, 2.75) is 107 Å².